The molecule has 0 aliphatic carbocycles. The van der Waals surface area contributed by atoms with Crippen molar-refractivity contribution >= 4 is 38.8 Å². The van der Waals surface area contributed by atoms with E-state index in [0.29, 0.717) is 33.7 Å². The van der Waals surface area contributed by atoms with Crippen molar-refractivity contribution in [1.29, 1.82) is 0 Å². The molecule has 0 saturated carbocycles. The molecule has 0 aliphatic heterocycles. The standard InChI is InChI=1S/C22H19N5O4S2/c1-14-13-20(25-15(2)24-14)27-33(29,30)19-9-5-17(6-10-19)26-21(28)16-3-7-18(8-4-16)31-22-23-11-12-32-22/h3-13H,1-2H3,(H,26,28)(H,24,25,27). The number of carbonyl (C=O) groups excluding carboxylic acids is 1. The van der Waals surface area contributed by atoms with Gasteiger partial charge in [0.25, 0.3) is 21.1 Å². The van der Waals surface area contributed by atoms with Crippen LogP contribution in [0.15, 0.2) is 71.1 Å². The zero-order chi connectivity index (χ0) is 23.4. The van der Waals surface area contributed by atoms with Gasteiger partial charge in [-0.05, 0) is 62.4 Å². The zero-order valence-electron chi connectivity index (χ0n) is 17.6. The van der Waals surface area contributed by atoms with E-state index in [1.165, 1.54) is 35.6 Å². The summed E-state index contributed by atoms with van der Waals surface area (Å²) >= 11 is 1.37. The Morgan fingerprint density at radius 1 is 1.00 bits per heavy atom. The van der Waals surface area contributed by atoms with Gasteiger partial charge in [-0.2, -0.15) is 0 Å². The molecule has 0 atom stereocenters. The Labute approximate surface area is 194 Å². The summed E-state index contributed by atoms with van der Waals surface area (Å²) in [5.74, 6) is 0.891. The van der Waals surface area contributed by atoms with Crippen molar-refractivity contribution in [3.8, 4) is 10.9 Å². The topological polar surface area (TPSA) is 123 Å². The Morgan fingerprint density at radius 2 is 1.73 bits per heavy atom. The van der Waals surface area contributed by atoms with Crippen molar-refractivity contribution in [2.24, 2.45) is 0 Å². The number of nitrogens with one attached hydrogen (secondary N) is 2. The smallest absolute Gasteiger partial charge is 0.278 e. The van der Waals surface area contributed by atoms with Gasteiger partial charge in [-0.25, -0.2) is 23.4 Å². The van der Waals surface area contributed by atoms with Crippen LogP contribution in [0.5, 0.6) is 10.9 Å². The molecule has 2 aromatic carbocycles. The molecule has 168 valence electrons. The van der Waals surface area contributed by atoms with Gasteiger partial charge >= 0.3 is 0 Å². The van der Waals surface area contributed by atoms with E-state index in [-0.39, 0.29) is 16.6 Å². The summed E-state index contributed by atoms with van der Waals surface area (Å²) in [5.41, 5.74) is 1.53. The minimum Gasteiger partial charge on any atom is -0.431 e. The maximum absolute atomic E-state index is 12.7. The predicted molar refractivity (Wildman–Crippen MR) is 125 cm³/mol. The SMILES string of the molecule is Cc1cc(NS(=O)(=O)c2ccc(NC(=O)c3ccc(Oc4nccs4)cc3)cc2)nc(C)n1. The molecule has 2 heterocycles. The van der Waals surface area contributed by atoms with Crippen LogP contribution >= 0.6 is 11.3 Å². The van der Waals surface area contributed by atoms with Crippen molar-refractivity contribution in [1.82, 2.24) is 15.0 Å². The molecule has 0 unspecified atom stereocenters. The molecule has 0 bridgehead atoms. The minimum atomic E-state index is -3.84. The predicted octanol–water partition coefficient (Wildman–Crippen LogP) is 4.40. The molecule has 2 N–H and O–H groups in total. The van der Waals surface area contributed by atoms with Gasteiger partial charge in [-0.15, -0.1) is 0 Å². The van der Waals surface area contributed by atoms with E-state index in [4.69, 9.17) is 4.74 Å². The van der Waals surface area contributed by atoms with Crippen molar-refractivity contribution in [3.63, 3.8) is 0 Å². The summed E-state index contributed by atoms with van der Waals surface area (Å²) in [5, 5.41) is 5.06. The van der Waals surface area contributed by atoms with E-state index in [1.807, 2.05) is 5.38 Å². The third kappa shape index (κ3) is 5.70. The molecular weight excluding hydrogens is 462 g/mol. The zero-order valence-corrected chi connectivity index (χ0v) is 19.3. The summed E-state index contributed by atoms with van der Waals surface area (Å²) in [6.07, 6.45) is 1.65. The van der Waals surface area contributed by atoms with Gasteiger partial charge in [0.05, 0.1) is 4.90 Å². The largest absolute Gasteiger partial charge is 0.431 e. The molecule has 0 fully saturated rings. The lowest BCUT2D eigenvalue weighted by Gasteiger charge is -2.10. The first kappa shape index (κ1) is 22.4. The van der Waals surface area contributed by atoms with Crippen LogP contribution in [0.25, 0.3) is 0 Å². The highest BCUT2D eigenvalue weighted by molar-refractivity contribution is 7.92. The maximum atomic E-state index is 12.7. The van der Waals surface area contributed by atoms with Gasteiger partial charge in [0.15, 0.2) is 0 Å². The second-order valence-electron chi connectivity index (χ2n) is 6.95. The van der Waals surface area contributed by atoms with E-state index in [0.717, 1.165) is 0 Å². The first-order valence-electron chi connectivity index (χ1n) is 9.72. The Hall–Kier alpha value is -3.83. The highest BCUT2D eigenvalue weighted by Gasteiger charge is 2.16. The second kappa shape index (κ2) is 9.35. The van der Waals surface area contributed by atoms with Crippen molar-refractivity contribution in [2.75, 3.05) is 10.0 Å². The van der Waals surface area contributed by atoms with Gasteiger partial charge in [0, 0.05) is 34.6 Å². The van der Waals surface area contributed by atoms with E-state index < -0.39 is 10.0 Å². The van der Waals surface area contributed by atoms with Gasteiger partial charge in [0.2, 0.25) is 0 Å². The van der Waals surface area contributed by atoms with Gasteiger partial charge in [-0.1, -0.05) is 11.3 Å². The monoisotopic (exact) mass is 481 g/mol. The lowest BCUT2D eigenvalue weighted by Crippen LogP contribution is -2.15. The number of aryl methyl sites for hydroxylation is 2. The number of thiazole rings is 1. The first-order valence-corrected chi connectivity index (χ1v) is 12.1. The average Bonchev–Trinajstić information content (AvgIpc) is 3.26. The van der Waals surface area contributed by atoms with Crippen LogP contribution in [0.4, 0.5) is 11.5 Å². The fraction of sp³-hybridized carbons (Fsp3) is 0.0909. The number of sulfonamides is 1. The van der Waals surface area contributed by atoms with E-state index >= 15 is 0 Å². The number of hydrogen-bond acceptors (Lipinski definition) is 8. The number of carbonyl (C=O) groups is 1. The van der Waals surface area contributed by atoms with Crippen LogP contribution in [-0.4, -0.2) is 29.3 Å². The maximum Gasteiger partial charge on any atom is 0.278 e. The number of nitrogens with zero attached hydrogens (tertiary/aromatic N) is 3. The highest BCUT2D eigenvalue weighted by atomic mass is 32.2. The van der Waals surface area contributed by atoms with Crippen LogP contribution in [-0.2, 0) is 10.0 Å². The Kier molecular flexibility index (Phi) is 6.33. The van der Waals surface area contributed by atoms with Gasteiger partial charge in [0.1, 0.15) is 17.4 Å². The molecule has 4 rings (SSSR count). The normalized spacial score (nSPS) is 11.1. The molecule has 4 aromatic rings. The van der Waals surface area contributed by atoms with Crippen molar-refractivity contribution in [3.05, 3.63) is 83.3 Å². The summed E-state index contributed by atoms with van der Waals surface area (Å²) < 4.78 is 33.3. The fourth-order valence-corrected chi connectivity index (χ4v) is 4.42. The summed E-state index contributed by atoms with van der Waals surface area (Å²) in [6.45, 7) is 3.44. The number of aromatic nitrogens is 3. The molecule has 0 saturated heterocycles. The third-order valence-electron chi connectivity index (χ3n) is 4.36. The minimum absolute atomic E-state index is 0.0399. The molecule has 11 heteroatoms. The molecule has 0 aliphatic rings. The number of benzene rings is 2. The van der Waals surface area contributed by atoms with Gasteiger partial charge < -0.3 is 10.1 Å². The molecule has 1 amide bonds. The summed E-state index contributed by atoms with van der Waals surface area (Å²) in [7, 11) is -3.84. The molecule has 33 heavy (non-hydrogen) atoms. The van der Waals surface area contributed by atoms with Crippen LogP contribution in [0.3, 0.4) is 0 Å². The fourth-order valence-electron chi connectivity index (χ4n) is 2.92. The first-order chi connectivity index (χ1) is 15.8. The molecule has 0 radical (unpaired) electrons. The van der Waals surface area contributed by atoms with Gasteiger partial charge in [-0.3, -0.25) is 9.52 Å². The highest BCUT2D eigenvalue weighted by Crippen LogP contribution is 2.24. The van der Waals surface area contributed by atoms with Crippen molar-refractivity contribution in [2.45, 2.75) is 18.7 Å². The molecule has 2 aromatic heterocycles. The van der Waals surface area contributed by atoms with Crippen LogP contribution in [0.2, 0.25) is 0 Å². The third-order valence-corrected chi connectivity index (χ3v) is 6.38. The number of hydrogen-bond donors (Lipinski definition) is 2. The van der Waals surface area contributed by atoms with Crippen LogP contribution < -0.4 is 14.8 Å². The molecular formula is C22H19N5O4S2. The Balaban J connectivity index is 1.41. The van der Waals surface area contributed by atoms with E-state index in [2.05, 4.69) is 25.0 Å². The summed E-state index contributed by atoms with van der Waals surface area (Å²) in [4.78, 5) is 24.8. The lowest BCUT2D eigenvalue weighted by atomic mass is 10.2. The molecule has 9 nitrogen and oxygen atoms in total. The number of amides is 1. The molecule has 0 spiro atoms. The number of anilines is 2. The Morgan fingerprint density at radius 3 is 2.36 bits per heavy atom. The van der Waals surface area contributed by atoms with E-state index in [9.17, 15) is 13.2 Å². The average molecular weight is 482 g/mol. The summed E-state index contributed by atoms with van der Waals surface area (Å²) in [6, 6.07) is 14.0. The van der Waals surface area contributed by atoms with Crippen LogP contribution in [0.1, 0.15) is 21.9 Å². The Bertz CT molecular complexity index is 1350. The van der Waals surface area contributed by atoms with Crippen LogP contribution in [0, 0.1) is 13.8 Å². The quantitative estimate of drug-likeness (QED) is 0.401. The van der Waals surface area contributed by atoms with Crippen molar-refractivity contribution < 1.29 is 17.9 Å². The second-order valence-corrected chi connectivity index (χ2v) is 9.49. The number of rotatable bonds is 7. The number of ether oxygens (including phenoxy) is 1. The lowest BCUT2D eigenvalue weighted by molar-refractivity contribution is 0.102. The van der Waals surface area contributed by atoms with E-state index in [1.54, 1.807) is 50.4 Å².